The van der Waals surface area contributed by atoms with Gasteiger partial charge < -0.3 is 0 Å². The molecule has 0 amide bonds. The zero-order chi connectivity index (χ0) is 15.0. The van der Waals surface area contributed by atoms with Crippen LogP contribution < -0.4 is 0 Å². The molecule has 2 fully saturated rings. The van der Waals surface area contributed by atoms with Crippen molar-refractivity contribution in [1.29, 1.82) is 0 Å². The molecule has 8 heteroatoms. The molecule has 1 atom stereocenters. The normalized spacial score (nSPS) is 28.6. The molecular weight excluding hydrogens is 300 g/mol. The maximum absolute atomic E-state index is 11.6. The van der Waals surface area contributed by atoms with Gasteiger partial charge in [0.05, 0.1) is 12.5 Å². The monoisotopic (exact) mass is 323 g/mol. The molecule has 0 aromatic rings. The minimum absolute atomic E-state index is 0.250. The van der Waals surface area contributed by atoms with Crippen LogP contribution >= 0.6 is 0 Å². The maximum Gasteiger partial charge on any atom is 0.211 e. The molecule has 1 radical (unpaired) electrons. The van der Waals surface area contributed by atoms with E-state index in [2.05, 4.69) is 6.42 Å². The summed E-state index contributed by atoms with van der Waals surface area (Å²) in [5, 5.41) is 0. The molecule has 0 aromatic carbocycles. The van der Waals surface area contributed by atoms with Gasteiger partial charge in [0.15, 0.2) is 0 Å². The van der Waals surface area contributed by atoms with Gasteiger partial charge in [-0.2, -0.15) is 0 Å². The third-order valence-electron chi connectivity index (χ3n) is 4.30. The molecule has 0 bridgehead atoms. The third-order valence-corrected chi connectivity index (χ3v) is 6.88. The van der Waals surface area contributed by atoms with Crippen molar-refractivity contribution in [1.82, 2.24) is 8.61 Å². The van der Waals surface area contributed by atoms with E-state index >= 15 is 0 Å². The number of piperidine rings is 2. The smallest absolute Gasteiger partial charge is 0.211 e. The van der Waals surface area contributed by atoms with Crippen molar-refractivity contribution in [2.45, 2.75) is 19.3 Å². The Morgan fingerprint density at radius 3 is 1.95 bits per heavy atom. The Hall–Kier alpha value is -0.180. The van der Waals surface area contributed by atoms with E-state index in [1.54, 1.807) is 4.31 Å². The molecule has 2 rings (SSSR count). The van der Waals surface area contributed by atoms with Gasteiger partial charge in [-0.05, 0) is 37.5 Å². The van der Waals surface area contributed by atoms with Crippen LogP contribution in [0.4, 0.5) is 0 Å². The van der Waals surface area contributed by atoms with E-state index in [0.717, 1.165) is 19.3 Å². The first kappa shape index (κ1) is 16.2. The zero-order valence-corrected chi connectivity index (χ0v) is 13.7. The van der Waals surface area contributed by atoms with Gasteiger partial charge in [0, 0.05) is 26.2 Å². The van der Waals surface area contributed by atoms with Crippen LogP contribution in [0.1, 0.15) is 19.3 Å². The predicted molar refractivity (Wildman–Crippen MR) is 78.0 cm³/mol. The Labute approximate surface area is 122 Å². The summed E-state index contributed by atoms with van der Waals surface area (Å²) in [5.74, 6) is 0.637. The summed E-state index contributed by atoms with van der Waals surface area (Å²) in [5.41, 5.74) is 0. The minimum Gasteiger partial charge on any atom is -0.213 e. The van der Waals surface area contributed by atoms with Crippen molar-refractivity contribution >= 4 is 20.0 Å². The molecule has 1 unspecified atom stereocenters. The van der Waals surface area contributed by atoms with E-state index < -0.39 is 20.0 Å². The Morgan fingerprint density at radius 1 is 0.900 bits per heavy atom. The molecule has 0 N–H and O–H groups in total. The lowest BCUT2D eigenvalue weighted by atomic mass is 9.81. The molecular formula is C12H23N2O4S2. The molecule has 0 saturated carbocycles. The highest BCUT2D eigenvalue weighted by molar-refractivity contribution is 7.88. The van der Waals surface area contributed by atoms with Gasteiger partial charge in [0.25, 0.3) is 0 Å². The van der Waals surface area contributed by atoms with Crippen LogP contribution in [-0.2, 0) is 20.0 Å². The summed E-state index contributed by atoms with van der Waals surface area (Å²) in [7, 11) is -6.22. The van der Waals surface area contributed by atoms with Crippen molar-refractivity contribution in [2.75, 3.05) is 38.7 Å². The Balaban J connectivity index is 1.94. The second kappa shape index (κ2) is 5.90. The maximum atomic E-state index is 11.6. The van der Waals surface area contributed by atoms with E-state index in [0.29, 0.717) is 32.1 Å². The summed E-state index contributed by atoms with van der Waals surface area (Å²) in [4.78, 5) is 0. The fourth-order valence-corrected chi connectivity index (χ4v) is 4.87. The number of sulfonamides is 2. The number of hydrogen-bond acceptors (Lipinski definition) is 4. The van der Waals surface area contributed by atoms with Crippen LogP contribution in [0.5, 0.6) is 0 Å². The first-order valence-corrected chi connectivity index (χ1v) is 10.6. The molecule has 20 heavy (non-hydrogen) atoms. The van der Waals surface area contributed by atoms with Crippen LogP contribution in [-0.4, -0.2) is 64.1 Å². The van der Waals surface area contributed by atoms with Gasteiger partial charge in [0.1, 0.15) is 0 Å². The average Bonchev–Trinajstić information content (AvgIpc) is 2.37. The lowest BCUT2D eigenvalue weighted by Crippen LogP contribution is -2.45. The summed E-state index contributed by atoms with van der Waals surface area (Å²) >= 11 is 0. The highest BCUT2D eigenvalue weighted by Gasteiger charge is 2.34. The lowest BCUT2D eigenvalue weighted by Gasteiger charge is -2.39. The first-order valence-electron chi connectivity index (χ1n) is 6.91. The standard InChI is InChI=1S/C12H23N2O4S2/c1-19(15,16)13-8-5-11(6-9-13)12-4-3-7-14(10-12)20(2,17)18/h4,11-12H,3,5-10H2,1-2H3. The molecule has 2 aliphatic rings. The van der Waals surface area contributed by atoms with Crippen LogP contribution in [0, 0.1) is 18.3 Å². The fraction of sp³-hybridized carbons (Fsp3) is 0.917. The van der Waals surface area contributed by atoms with Gasteiger partial charge in [-0.1, -0.05) is 0 Å². The van der Waals surface area contributed by atoms with Crippen molar-refractivity contribution in [2.24, 2.45) is 11.8 Å². The van der Waals surface area contributed by atoms with E-state index in [9.17, 15) is 16.8 Å². The summed E-state index contributed by atoms with van der Waals surface area (Å²) in [6.07, 6.45) is 7.11. The van der Waals surface area contributed by atoms with Crippen LogP contribution in [0.25, 0.3) is 0 Å². The third kappa shape index (κ3) is 3.93. The zero-order valence-electron chi connectivity index (χ0n) is 12.0. The second-order valence-corrected chi connectivity index (χ2v) is 9.77. The van der Waals surface area contributed by atoms with E-state index in [1.165, 1.54) is 16.8 Å². The Bertz CT molecular complexity index is 536. The molecule has 0 aliphatic carbocycles. The topological polar surface area (TPSA) is 74.8 Å². The van der Waals surface area contributed by atoms with Crippen molar-refractivity contribution in [3.8, 4) is 0 Å². The number of hydrogen-bond donors (Lipinski definition) is 0. The molecule has 6 nitrogen and oxygen atoms in total. The minimum atomic E-state index is -3.12. The highest BCUT2D eigenvalue weighted by atomic mass is 32.2. The van der Waals surface area contributed by atoms with Gasteiger partial charge in [0.2, 0.25) is 20.0 Å². The van der Waals surface area contributed by atoms with E-state index in [-0.39, 0.29) is 5.92 Å². The molecule has 0 spiro atoms. The van der Waals surface area contributed by atoms with Gasteiger partial charge in [-0.15, -0.1) is 0 Å². The Morgan fingerprint density at radius 2 is 1.45 bits per heavy atom. The molecule has 2 heterocycles. The highest BCUT2D eigenvalue weighted by Crippen LogP contribution is 2.32. The molecule has 117 valence electrons. The number of nitrogens with zero attached hydrogens (tertiary/aromatic N) is 2. The first-order chi connectivity index (χ1) is 9.18. The fourth-order valence-electron chi connectivity index (χ4n) is 3.11. The van der Waals surface area contributed by atoms with Crippen molar-refractivity contribution < 1.29 is 16.8 Å². The van der Waals surface area contributed by atoms with Crippen LogP contribution in [0.2, 0.25) is 0 Å². The van der Waals surface area contributed by atoms with Crippen LogP contribution in [0.15, 0.2) is 0 Å². The predicted octanol–water partition coefficient (Wildman–Crippen LogP) is 0.144. The summed E-state index contributed by atoms with van der Waals surface area (Å²) in [6, 6.07) is 0. The summed E-state index contributed by atoms with van der Waals surface area (Å²) < 4.78 is 49.3. The molecule has 2 saturated heterocycles. The number of rotatable bonds is 3. The molecule has 2 aliphatic heterocycles. The van der Waals surface area contributed by atoms with E-state index in [4.69, 9.17) is 0 Å². The van der Waals surface area contributed by atoms with Crippen LogP contribution in [0.3, 0.4) is 0 Å². The van der Waals surface area contributed by atoms with Gasteiger partial charge >= 0.3 is 0 Å². The van der Waals surface area contributed by atoms with Crippen molar-refractivity contribution in [3.05, 3.63) is 6.42 Å². The quantitative estimate of drug-likeness (QED) is 0.741. The van der Waals surface area contributed by atoms with Crippen molar-refractivity contribution in [3.63, 3.8) is 0 Å². The average molecular weight is 323 g/mol. The summed E-state index contributed by atoms with van der Waals surface area (Å²) in [6.45, 7) is 2.21. The molecule has 0 aromatic heterocycles. The lowest BCUT2D eigenvalue weighted by molar-refractivity contribution is 0.183. The van der Waals surface area contributed by atoms with Gasteiger partial charge in [-0.25, -0.2) is 25.4 Å². The van der Waals surface area contributed by atoms with Gasteiger partial charge in [-0.3, -0.25) is 0 Å². The largest absolute Gasteiger partial charge is 0.213 e. The Kier molecular flexibility index (Phi) is 4.78. The second-order valence-electron chi connectivity index (χ2n) is 5.81. The van der Waals surface area contributed by atoms with E-state index in [1.807, 2.05) is 0 Å². The SMILES string of the molecule is CS(=O)(=O)N1CCC(C2[CH]CCN(S(C)(=O)=O)C2)CC1.